The molecule has 0 aromatic heterocycles. The van der Waals surface area contributed by atoms with Crippen LogP contribution in [0.1, 0.15) is 45.4 Å². The average molecular weight is 389 g/mol. The Bertz CT molecular complexity index is 685. The van der Waals surface area contributed by atoms with Crippen LogP contribution in [0.3, 0.4) is 0 Å². The molecule has 0 aromatic carbocycles. The number of hydrogen-bond acceptors (Lipinski definition) is 5. The van der Waals surface area contributed by atoms with E-state index in [-0.39, 0.29) is 30.1 Å². The predicted octanol–water partition coefficient (Wildman–Crippen LogP) is 2.42. The van der Waals surface area contributed by atoms with Gasteiger partial charge in [-0.15, -0.1) is 0 Å². The summed E-state index contributed by atoms with van der Waals surface area (Å²) in [5.74, 6) is 2.12. The maximum atomic E-state index is 12.2. The second kappa shape index (κ2) is 8.23. The lowest BCUT2D eigenvalue weighted by molar-refractivity contribution is -0.121. The van der Waals surface area contributed by atoms with Gasteiger partial charge < -0.3 is 20.1 Å². The third-order valence-electron chi connectivity index (χ3n) is 6.50. The third-order valence-corrected chi connectivity index (χ3v) is 6.50. The van der Waals surface area contributed by atoms with Gasteiger partial charge in [0, 0.05) is 25.7 Å². The molecule has 0 aromatic rings. The standard InChI is InChI=1S/C21H31N3O4/c1-12(13-3-4-13)23-21(26)28-17-6-5-14(7-17)15-9-19(22-10-15)24-20(25)18-8-16(18)11-27-2/h9,12-14,16-18H,3-8,10-11H2,1-2H3,(H,23,26)(H,22,24,25)/t12-,14+,16-,17-,18+/m1/s1. The Morgan fingerprint density at radius 2 is 2.07 bits per heavy atom. The summed E-state index contributed by atoms with van der Waals surface area (Å²) in [5, 5.41) is 5.90. The van der Waals surface area contributed by atoms with Crippen LogP contribution in [0.5, 0.6) is 0 Å². The fraction of sp³-hybridized carbons (Fsp3) is 0.762. The molecule has 3 fully saturated rings. The van der Waals surface area contributed by atoms with Crippen LogP contribution in [-0.4, -0.2) is 50.2 Å². The molecule has 0 radical (unpaired) electrons. The van der Waals surface area contributed by atoms with Gasteiger partial charge in [0.2, 0.25) is 5.91 Å². The van der Waals surface area contributed by atoms with E-state index in [4.69, 9.17) is 9.47 Å². The number of alkyl carbamates (subject to hydrolysis) is 1. The Labute approximate surface area is 166 Å². The molecule has 0 saturated heterocycles. The average Bonchev–Trinajstić information content (AvgIpc) is 3.55. The Kier molecular flexibility index (Phi) is 5.71. The Hall–Kier alpha value is -1.89. The van der Waals surface area contributed by atoms with Crippen molar-refractivity contribution in [3.63, 3.8) is 0 Å². The lowest BCUT2D eigenvalue weighted by atomic mass is 9.98. The number of rotatable bonds is 7. The number of methoxy groups -OCH3 is 1. The molecule has 4 rings (SSSR count). The second-order valence-corrected chi connectivity index (χ2v) is 8.78. The van der Waals surface area contributed by atoms with Gasteiger partial charge >= 0.3 is 6.09 Å². The molecule has 0 unspecified atom stereocenters. The van der Waals surface area contributed by atoms with Gasteiger partial charge in [-0.25, -0.2) is 4.79 Å². The summed E-state index contributed by atoms with van der Waals surface area (Å²) in [7, 11) is 1.67. The molecule has 2 N–H and O–H groups in total. The molecule has 7 heteroatoms. The molecule has 3 aliphatic carbocycles. The van der Waals surface area contributed by atoms with Crippen LogP contribution in [0, 0.1) is 23.7 Å². The fourth-order valence-electron chi connectivity index (χ4n) is 4.42. The molecule has 1 heterocycles. The fourth-order valence-corrected chi connectivity index (χ4v) is 4.42. The number of amides is 2. The molecule has 7 nitrogen and oxygen atoms in total. The van der Waals surface area contributed by atoms with Gasteiger partial charge in [-0.2, -0.15) is 0 Å². The van der Waals surface area contributed by atoms with E-state index in [2.05, 4.69) is 15.6 Å². The lowest BCUT2D eigenvalue weighted by Crippen LogP contribution is -2.36. The van der Waals surface area contributed by atoms with Crippen molar-refractivity contribution < 1.29 is 19.1 Å². The van der Waals surface area contributed by atoms with Crippen LogP contribution in [0.2, 0.25) is 0 Å². The number of amidine groups is 1. The molecule has 0 spiro atoms. The van der Waals surface area contributed by atoms with E-state index < -0.39 is 0 Å². The first-order valence-electron chi connectivity index (χ1n) is 10.6. The largest absolute Gasteiger partial charge is 0.446 e. The van der Waals surface area contributed by atoms with Crippen LogP contribution in [0.25, 0.3) is 0 Å². The van der Waals surface area contributed by atoms with Gasteiger partial charge in [-0.05, 0) is 74.9 Å². The SMILES string of the molecule is COC[C@H]1C[C@@H]1C(=O)NC1=NCC([C@H]2CC[C@@H](OC(=O)N[C@H](C)C3CC3)C2)=C1. The minimum Gasteiger partial charge on any atom is -0.446 e. The summed E-state index contributed by atoms with van der Waals surface area (Å²) in [5.41, 5.74) is 1.23. The molecule has 2 amide bonds. The molecule has 154 valence electrons. The molecule has 3 saturated carbocycles. The van der Waals surface area contributed by atoms with Crippen molar-refractivity contribution in [2.75, 3.05) is 20.3 Å². The highest BCUT2D eigenvalue weighted by Gasteiger charge is 2.43. The van der Waals surface area contributed by atoms with Crippen molar-refractivity contribution in [3.8, 4) is 0 Å². The smallest absolute Gasteiger partial charge is 0.407 e. The Morgan fingerprint density at radius 1 is 1.25 bits per heavy atom. The number of carbonyl (C=O) groups excluding carboxylic acids is 2. The number of hydrogen-bond donors (Lipinski definition) is 2. The summed E-state index contributed by atoms with van der Waals surface area (Å²) >= 11 is 0. The minimum atomic E-state index is -0.287. The van der Waals surface area contributed by atoms with E-state index in [0.29, 0.717) is 36.7 Å². The second-order valence-electron chi connectivity index (χ2n) is 8.78. The molecule has 5 atom stereocenters. The van der Waals surface area contributed by atoms with Gasteiger partial charge in [-0.1, -0.05) is 0 Å². The van der Waals surface area contributed by atoms with Crippen LogP contribution >= 0.6 is 0 Å². The number of ether oxygens (including phenoxy) is 2. The molecule has 0 bridgehead atoms. The summed E-state index contributed by atoms with van der Waals surface area (Å²) in [6.45, 7) is 3.32. The molecule has 28 heavy (non-hydrogen) atoms. The van der Waals surface area contributed by atoms with Crippen molar-refractivity contribution in [3.05, 3.63) is 11.6 Å². The zero-order valence-corrected chi connectivity index (χ0v) is 16.8. The molecule has 1 aliphatic heterocycles. The first-order chi connectivity index (χ1) is 13.5. The Balaban J connectivity index is 1.20. The topological polar surface area (TPSA) is 89.0 Å². The van der Waals surface area contributed by atoms with E-state index in [1.165, 1.54) is 18.4 Å². The molecular formula is C21H31N3O4. The number of nitrogens with zero attached hydrogens (tertiary/aromatic N) is 1. The molecule has 4 aliphatic rings. The van der Waals surface area contributed by atoms with E-state index in [9.17, 15) is 9.59 Å². The maximum Gasteiger partial charge on any atom is 0.407 e. The first kappa shape index (κ1) is 19.4. The zero-order chi connectivity index (χ0) is 19.7. The van der Waals surface area contributed by atoms with Gasteiger partial charge in [0.15, 0.2) is 0 Å². The van der Waals surface area contributed by atoms with Crippen LogP contribution < -0.4 is 10.6 Å². The van der Waals surface area contributed by atoms with Crippen LogP contribution in [-0.2, 0) is 14.3 Å². The monoisotopic (exact) mass is 389 g/mol. The van der Waals surface area contributed by atoms with Gasteiger partial charge in [-0.3, -0.25) is 9.79 Å². The van der Waals surface area contributed by atoms with E-state index in [0.717, 1.165) is 25.7 Å². The van der Waals surface area contributed by atoms with E-state index in [1.54, 1.807) is 7.11 Å². The first-order valence-corrected chi connectivity index (χ1v) is 10.6. The highest BCUT2D eigenvalue weighted by molar-refractivity contribution is 6.07. The van der Waals surface area contributed by atoms with E-state index in [1.807, 2.05) is 13.0 Å². The zero-order valence-electron chi connectivity index (χ0n) is 16.8. The van der Waals surface area contributed by atoms with E-state index >= 15 is 0 Å². The number of carbonyl (C=O) groups is 2. The summed E-state index contributed by atoms with van der Waals surface area (Å²) in [6, 6.07) is 0.205. The van der Waals surface area contributed by atoms with Crippen molar-refractivity contribution >= 4 is 17.8 Å². The maximum absolute atomic E-state index is 12.2. The third kappa shape index (κ3) is 4.74. The van der Waals surface area contributed by atoms with Crippen LogP contribution in [0.4, 0.5) is 4.79 Å². The minimum absolute atomic E-state index is 0.0304. The summed E-state index contributed by atoms with van der Waals surface area (Å²) in [6.07, 6.45) is 7.71. The van der Waals surface area contributed by atoms with Crippen molar-refractivity contribution in [1.82, 2.24) is 10.6 Å². The number of nitrogens with one attached hydrogen (secondary N) is 2. The predicted molar refractivity (Wildman–Crippen MR) is 105 cm³/mol. The van der Waals surface area contributed by atoms with Crippen molar-refractivity contribution in [2.24, 2.45) is 28.7 Å². The van der Waals surface area contributed by atoms with Crippen molar-refractivity contribution in [1.29, 1.82) is 0 Å². The summed E-state index contributed by atoms with van der Waals surface area (Å²) < 4.78 is 10.7. The van der Waals surface area contributed by atoms with Gasteiger partial charge in [0.25, 0.3) is 0 Å². The van der Waals surface area contributed by atoms with Gasteiger partial charge in [0.05, 0.1) is 6.54 Å². The lowest BCUT2D eigenvalue weighted by Gasteiger charge is -2.17. The van der Waals surface area contributed by atoms with Crippen LogP contribution in [0.15, 0.2) is 16.6 Å². The summed E-state index contributed by atoms with van der Waals surface area (Å²) in [4.78, 5) is 28.8. The molecular weight excluding hydrogens is 358 g/mol. The Morgan fingerprint density at radius 3 is 2.82 bits per heavy atom. The van der Waals surface area contributed by atoms with Crippen molar-refractivity contribution in [2.45, 2.75) is 57.6 Å². The number of aliphatic imine (C=N–C) groups is 1. The van der Waals surface area contributed by atoms with Gasteiger partial charge in [0.1, 0.15) is 11.9 Å². The quantitative estimate of drug-likeness (QED) is 0.700. The normalized spacial score (nSPS) is 32.4. The highest BCUT2D eigenvalue weighted by atomic mass is 16.6. The highest BCUT2D eigenvalue weighted by Crippen LogP contribution is 2.39.